The second kappa shape index (κ2) is 7.69. The third-order valence-electron chi connectivity index (χ3n) is 5.15. The maximum absolute atomic E-state index is 13.0. The first-order valence-corrected chi connectivity index (χ1v) is 9.51. The molecule has 4 aromatic rings. The number of para-hydroxylation sites is 1. The molecule has 0 aliphatic carbocycles. The summed E-state index contributed by atoms with van der Waals surface area (Å²) in [5.41, 5.74) is 2.28. The summed E-state index contributed by atoms with van der Waals surface area (Å²) in [5.74, 6) is 0.0198. The Bertz CT molecular complexity index is 1200. The molecule has 0 atom stereocenters. The average molecular weight is 370 g/mol. The minimum atomic E-state index is -0.143. The van der Waals surface area contributed by atoms with Crippen LogP contribution in [0.2, 0.25) is 0 Å². The predicted molar refractivity (Wildman–Crippen MR) is 113 cm³/mol. The Morgan fingerprint density at radius 1 is 0.893 bits per heavy atom. The molecule has 1 amide bonds. The third kappa shape index (κ3) is 3.54. The molecule has 0 saturated carbocycles. The minimum Gasteiger partial charge on any atom is -0.338 e. The SMILES string of the molecule is CCN(Cc1cc2ccccc2[nH]c1=O)C(=O)Cc1cccc2ccccc12. The number of likely N-dealkylation sites (N-methyl/N-ethyl adjacent to an activating group) is 1. The number of benzene rings is 3. The molecular formula is C24H22N2O2. The van der Waals surface area contributed by atoms with Gasteiger partial charge in [0.15, 0.2) is 0 Å². The fourth-order valence-electron chi connectivity index (χ4n) is 3.61. The molecule has 140 valence electrons. The number of rotatable bonds is 5. The molecular weight excluding hydrogens is 348 g/mol. The summed E-state index contributed by atoms with van der Waals surface area (Å²) in [6.07, 6.45) is 0.320. The van der Waals surface area contributed by atoms with Crippen molar-refractivity contribution in [3.63, 3.8) is 0 Å². The first-order chi connectivity index (χ1) is 13.7. The van der Waals surface area contributed by atoms with Crippen molar-refractivity contribution in [2.24, 2.45) is 0 Å². The largest absolute Gasteiger partial charge is 0.338 e. The van der Waals surface area contributed by atoms with Crippen LogP contribution in [0.3, 0.4) is 0 Å². The summed E-state index contributed by atoms with van der Waals surface area (Å²) in [7, 11) is 0. The van der Waals surface area contributed by atoms with Gasteiger partial charge in [0.25, 0.3) is 5.56 Å². The highest BCUT2D eigenvalue weighted by Crippen LogP contribution is 2.20. The van der Waals surface area contributed by atoms with E-state index in [-0.39, 0.29) is 11.5 Å². The van der Waals surface area contributed by atoms with Crippen molar-refractivity contribution >= 4 is 27.6 Å². The van der Waals surface area contributed by atoms with Crippen molar-refractivity contribution in [3.05, 3.63) is 94.3 Å². The van der Waals surface area contributed by atoms with Crippen molar-refractivity contribution in [2.45, 2.75) is 19.9 Å². The van der Waals surface area contributed by atoms with E-state index in [4.69, 9.17) is 0 Å². The summed E-state index contributed by atoms with van der Waals surface area (Å²) in [5, 5.41) is 3.19. The highest BCUT2D eigenvalue weighted by atomic mass is 16.2. The lowest BCUT2D eigenvalue weighted by Crippen LogP contribution is -2.33. The van der Waals surface area contributed by atoms with Crippen molar-refractivity contribution < 1.29 is 4.79 Å². The van der Waals surface area contributed by atoms with Crippen LogP contribution >= 0.6 is 0 Å². The summed E-state index contributed by atoms with van der Waals surface area (Å²) in [6.45, 7) is 2.80. The lowest BCUT2D eigenvalue weighted by Gasteiger charge is -2.21. The molecule has 4 nitrogen and oxygen atoms in total. The molecule has 0 saturated heterocycles. The Morgan fingerprint density at radius 2 is 1.61 bits per heavy atom. The number of aromatic amines is 1. The Balaban J connectivity index is 1.59. The van der Waals surface area contributed by atoms with Crippen molar-refractivity contribution in [1.29, 1.82) is 0 Å². The molecule has 0 unspecified atom stereocenters. The molecule has 28 heavy (non-hydrogen) atoms. The monoisotopic (exact) mass is 370 g/mol. The molecule has 0 fully saturated rings. The predicted octanol–water partition coefficient (Wildman–Crippen LogP) is 4.27. The van der Waals surface area contributed by atoms with Crippen LogP contribution in [0, 0.1) is 0 Å². The van der Waals surface area contributed by atoms with Gasteiger partial charge < -0.3 is 9.88 Å². The Morgan fingerprint density at radius 3 is 2.43 bits per heavy atom. The van der Waals surface area contributed by atoms with Crippen LogP contribution in [-0.2, 0) is 17.8 Å². The van der Waals surface area contributed by atoms with E-state index >= 15 is 0 Å². The van der Waals surface area contributed by atoms with Gasteiger partial charge in [0.05, 0.1) is 13.0 Å². The van der Waals surface area contributed by atoms with Gasteiger partial charge in [-0.25, -0.2) is 0 Å². The number of amides is 1. The average Bonchev–Trinajstić information content (AvgIpc) is 2.72. The molecule has 1 N–H and O–H groups in total. The van der Waals surface area contributed by atoms with E-state index in [1.54, 1.807) is 4.90 Å². The highest BCUT2D eigenvalue weighted by Gasteiger charge is 2.16. The van der Waals surface area contributed by atoms with E-state index < -0.39 is 0 Å². The quantitative estimate of drug-likeness (QED) is 0.570. The van der Waals surface area contributed by atoms with Crippen molar-refractivity contribution in [3.8, 4) is 0 Å². The van der Waals surface area contributed by atoms with Crippen LogP contribution in [-0.4, -0.2) is 22.3 Å². The highest BCUT2D eigenvalue weighted by molar-refractivity contribution is 5.90. The minimum absolute atomic E-state index is 0.0198. The number of carbonyl (C=O) groups is 1. The van der Waals surface area contributed by atoms with Gasteiger partial charge in [0, 0.05) is 17.6 Å². The molecule has 0 aliphatic heterocycles. The molecule has 0 aliphatic rings. The summed E-state index contributed by atoms with van der Waals surface area (Å²) in [4.78, 5) is 30.1. The van der Waals surface area contributed by atoms with Crippen LogP contribution in [0.4, 0.5) is 0 Å². The lowest BCUT2D eigenvalue weighted by atomic mass is 10.0. The van der Waals surface area contributed by atoms with E-state index in [0.717, 1.165) is 27.2 Å². The summed E-state index contributed by atoms with van der Waals surface area (Å²) in [6, 6.07) is 23.7. The zero-order valence-electron chi connectivity index (χ0n) is 15.8. The van der Waals surface area contributed by atoms with Gasteiger partial charge >= 0.3 is 0 Å². The second-order valence-electron chi connectivity index (χ2n) is 6.93. The van der Waals surface area contributed by atoms with Gasteiger partial charge in [0.1, 0.15) is 0 Å². The Kier molecular flexibility index (Phi) is 4.94. The fraction of sp³-hybridized carbons (Fsp3) is 0.167. The normalized spacial score (nSPS) is 11.0. The topological polar surface area (TPSA) is 53.2 Å². The Hall–Kier alpha value is -3.40. The molecule has 3 aromatic carbocycles. The second-order valence-corrected chi connectivity index (χ2v) is 6.93. The van der Waals surface area contributed by atoms with E-state index in [1.807, 2.05) is 67.6 Å². The number of nitrogens with one attached hydrogen (secondary N) is 1. The number of hydrogen-bond acceptors (Lipinski definition) is 2. The fourth-order valence-corrected chi connectivity index (χ4v) is 3.61. The number of hydrogen-bond donors (Lipinski definition) is 1. The van der Waals surface area contributed by atoms with E-state index in [9.17, 15) is 9.59 Å². The zero-order chi connectivity index (χ0) is 19.5. The number of fused-ring (bicyclic) bond motifs is 2. The first kappa shape index (κ1) is 18.0. The molecule has 1 aromatic heterocycles. The third-order valence-corrected chi connectivity index (χ3v) is 5.15. The van der Waals surface area contributed by atoms with Gasteiger partial charge in [-0.15, -0.1) is 0 Å². The van der Waals surface area contributed by atoms with Gasteiger partial charge in [-0.1, -0.05) is 60.7 Å². The summed E-state index contributed by atoms with van der Waals surface area (Å²) < 4.78 is 0. The van der Waals surface area contributed by atoms with E-state index in [0.29, 0.717) is 25.1 Å². The number of nitrogens with zero attached hydrogens (tertiary/aromatic N) is 1. The van der Waals surface area contributed by atoms with Crippen LogP contribution in [0.15, 0.2) is 77.6 Å². The van der Waals surface area contributed by atoms with Crippen LogP contribution < -0.4 is 5.56 Å². The van der Waals surface area contributed by atoms with E-state index in [1.165, 1.54) is 0 Å². The van der Waals surface area contributed by atoms with Gasteiger partial charge in [-0.05, 0) is 40.8 Å². The van der Waals surface area contributed by atoms with Gasteiger partial charge in [0.2, 0.25) is 5.91 Å². The van der Waals surface area contributed by atoms with Crippen molar-refractivity contribution in [2.75, 3.05) is 6.54 Å². The first-order valence-electron chi connectivity index (χ1n) is 9.51. The maximum atomic E-state index is 13.0. The maximum Gasteiger partial charge on any atom is 0.253 e. The number of carbonyl (C=O) groups excluding carboxylic acids is 1. The zero-order valence-corrected chi connectivity index (χ0v) is 15.8. The van der Waals surface area contributed by atoms with Gasteiger partial charge in [-0.3, -0.25) is 9.59 Å². The number of H-pyrrole nitrogens is 1. The molecule has 4 heteroatoms. The van der Waals surface area contributed by atoms with E-state index in [2.05, 4.69) is 17.1 Å². The molecule has 0 bridgehead atoms. The number of pyridine rings is 1. The standard InChI is InChI=1S/C24H22N2O2/c1-2-26(16-20-14-19-9-4-6-13-22(19)25-24(20)28)23(27)15-18-11-7-10-17-8-3-5-12-21(17)18/h3-14H,2,15-16H2,1H3,(H,25,28). The smallest absolute Gasteiger partial charge is 0.253 e. The van der Waals surface area contributed by atoms with Gasteiger partial charge in [-0.2, -0.15) is 0 Å². The number of aromatic nitrogens is 1. The van der Waals surface area contributed by atoms with Crippen molar-refractivity contribution in [1.82, 2.24) is 9.88 Å². The molecule has 0 spiro atoms. The molecule has 1 heterocycles. The van der Waals surface area contributed by atoms with Crippen LogP contribution in [0.25, 0.3) is 21.7 Å². The lowest BCUT2D eigenvalue weighted by molar-refractivity contribution is -0.130. The molecule has 4 rings (SSSR count). The van der Waals surface area contributed by atoms with Crippen LogP contribution in [0.5, 0.6) is 0 Å². The van der Waals surface area contributed by atoms with Crippen LogP contribution in [0.1, 0.15) is 18.1 Å². The summed E-state index contributed by atoms with van der Waals surface area (Å²) >= 11 is 0. The molecule has 0 radical (unpaired) electrons. The Labute approximate surface area is 163 Å².